The summed E-state index contributed by atoms with van der Waals surface area (Å²) in [7, 11) is 1.91. The summed E-state index contributed by atoms with van der Waals surface area (Å²) >= 11 is 0. The highest BCUT2D eigenvalue weighted by atomic mass is 16.2. The van der Waals surface area contributed by atoms with Gasteiger partial charge in [-0.05, 0) is 54.9 Å². The molecule has 0 spiro atoms. The first-order valence-corrected chi connectivity index (χ1v) is 8.59. The Morgan fingerprint density at radius 1 is 1.33 bits per heavy atom. The quantitative estimate of drug-likeness (QED) is 0.836. The minimum Gasteiger partial charge on any atom is -0.342 e. The molecule has 0 heterocycles. The van der Waals surface area contributed by atoms with Crippen molar-refractivity contribution in [1.82, 2.24) is 4.90 Å². The van der Waals surface area contributed by atoms with Gasteiger partial charge in [0, 0.05) is 18.8 Å². The molecular weight excluding hydrogens is 300 g/mol. The second-order valence-corrected chi connectivity index (χ2v) is 7.47. The number of nitrogens with zero attached hydrogens (tertiary/aromatic N) is 1. The molecule has 0 bridgehead atoms. The molecule has 0 unspecified atom stereocenters. The number of hydrogen-bond acceptors (Lipinski definition) is 2. The Balaban J connectivity index is 1.95. The topological polar surface area (TPSA) is 49.4 Å². The summed E-state index contributed by atoms with van der Waals surface area (Å²) in [5, 5.41) is 2.72. The first kappa shape index (κ1) is 18.2. The third kappa shape index (κ3) is 4.95. The number of likely N-dealkylation sites (N-methyl/N-ethyl adjacent to an activating group) is 1. The fourth-order valence-electron chi connectivity index (χ4n) is 3.23. The van der Waals surface area contributed by atoms with E-state index in [1.165, 1.54) is 18.9 Å². The first-order chi connectivity index (χ1) is 11.3. The molecule has 4 nitrogen and oxygen atoms in total. The number of amides is 2. The van der Waals surface area contributed by atoms with Gasteiger partial charge in [-0.2, -0.15) is 0 Å². The Hall–Kier alpha value is -2.10. The summed E-state index contributed by atoms with van der Waals surface area (Å²) in [6.45, 7) is 8.04. The molecule has 4 heteroatoms. The van der Waals surface area contributed by atoms with Gasteiger partial charge in [0.15, 0.2) is 0 Å². The molecule has 1 aromatic carbocycles. The monoisotopic (exact) mass is 328 g/mol. The molecular formula is C20H28N2O2. The molecule has 0 aliphatic heterocycles. The van der Waals surface area contributed by atoms with Crippen molar-refractivity contribution in [2.75, 3.05) is 12.4 Å². The zero-order valence-corrected chi connectivity index (χ0v) is 15.0. The average molecular weight is 328 g/mol. The summed E-state index contributed by atoms with van der Waals surface area (Å²) < 4.78 is 0. The van der Waals surface area contributed by atoms with Crippen LogP contribution in [0.5, 0.6) is 0 Å². The highest BCUT2D eigenvalue weighted by Crippen LogP contribution is 2.36. The molecule has 1 fully saturated rings. The number of nitrogens with one attached hydrogen (secondary N) is 1. The van der Waals surface area contributed by atoms with Crippen LogP contribution in [0.1, 0.15) is 45.1 Å². The lowest BCUT2D eigenvalue weighted by Gasteiger charge is -2.38. The molecule has 0 radical (unpaired) electrons. The minimum absolute atomic E-state index is 0.131. The van der Waals surface area contributed by atoms with E-state index < -0.39 is 0 Å². The molecule has 0 aromatic heterocycles. The first-order valence-electron chi connectivity index (χ1n) is 8.59. The van der Waals surface area contributed by atoms with Gasteiger partial charge in [0.2, 0.25) is 11.8 Å². The second-order valence-electron chi connectivity index (χ2n) is 7.47. The van der Waals surface area contributed by atoms with Gasteiger partial charge in [0.1, 0.15) is 0 Å². The molecule has 0 atom stereocenters. The Kier molecular flexibility index (Phi) is 5.81. The van der Waals surface area contributed by atoms with Gasteiger partial charge in [0.25, 0.3) is 0 Å². The summed E-state index contributed by atoms with van der Waals surface area (Å²) in [6.07, 6.45) is 6.07. The summed E-state index contributed by atoms with van der Waals surface area (Å²) in [4.78, 5) is 25.9. The summed E-state index contributed by atoms with van der Waals surface area (Å²) in [5.74, 6) is -0.118. The maximum atomic E-state index is 12.6. The van der Waals surface area contributed by atoms with Gasteiger partial charge in [-0.1, -0.05) is 32.6 Å². The van der Waals surface area contributed by atoms with Crippen molar-refractivity contribution in [3.63, 3.8) is 0 Å². The lowest BCUT2D eigenvalue weighted by molar-refractivity contribution is -0.132. The van der Waals surface area contributed by atoms with Crippen molar-refractivity contribution in [3.05, 3.63) is 42.5 Å². The molecule has 1 saturated carbocycles. The van der Waals surface area contributed by atoms with Crippen molar-refractivity contribution in [3.8, 4) is 0 Å². The third-order valence-corrected chi connectivity index (χ3v) is 4.99. The zero-order chi connectivity index (χ0) is 17.7. The van der Waals surface area contributed by atoms with E-state index in [0.717, 1.165) is 18.4 Å². The largest absolute Gasteiger partial charge is 0.342 e. The van der Waals surface area contributed by atoms with E-state index in [4.69, 9.17) is 0 Å². The molecule has 1 N–H and O–H groups in total. The fraction of sp³-hybridized carbons (Fsp3) is 0.500. The van der Waals surface area contributed by atoms with Gasteiger partial charge in [-0.25, -0.2) is 0 Å². The van der Waals surface area contributed by atoms with Crippen LogP contribution in [0.2, 0.25) is 0 Å². The number of carbonyl (C=O) groups excluding carboxylic acids is 2. The number of anilines is 1. The van der Waals surface area contributed by atoms with Crippen molar-refractivity contribution in [2.24, 2.45) is 5.41 Å². The molecule has 130 valence electrons. The summed E-state index contributed by atoms with van der Waals surface area (Å²) in [6, 6.07) is 7.76. The Morgan fingerprint density at radius 3 is 2.62 bits per heavy atom. The molecule has 1 aliphatic carbocycles. The maximum absolute atomic E-state index is 12.6. The number of benzene rings is 1. The van der Waals surface area contributed by atoms with Crippen molar-refractivity contribution >= 4 is 17.5 Å². The van der Waals surface area contributed by atoms with Crippen LogP contribution in [0.3, 0.4) is 0 Å². The molecule has 1 aliphatic rings. The van der Waals surface area contributed by atoms with E-state index in [2.05, 4.69) is 25.7 Å². The summed E-state index contributed by atoms with van der Waals surface area (Å²) in [5.41, 5.74) is 2.00. The van der Waals surface area contributed by atoms with E-state index >= 15 is 0 Å². The van der Waals surface area contributed by atoms with Crippen LogP contribution in [0, 0.1) is 5.41 Å². The number of rotatable bonds is 5. The predicted octanol–water partition coefficient (Wildman–Crippen LogP) is 3.78. The van der Waals surface area contributed by atoms with Gasteiger partial charge < -0.3 is 10.2 Å². The van der Waals surface area contributed by atoms with Crippen molar-refractivity contribution in [2.45, 2.75) is 52.0 Å². The SMILES string of the molecule is C=CC(=O)Nc1cccc(CC(=O)N(C)C2CCC(C)(C)CC2)c1. The predicted molar refractivity (Wildman–Crippen MR) is 97.8 cm³/mol. The average Bonchev–Trinajstić information content (AvgIpc) is 2.54. The smallest absolute Gasteiger partial charge is 0.247 e. The third-order valence-electron chi connectivity index (χ3n) is 4.99. The maximum Gasteiger partial charge on any atom is 0.247 e. The van der Waals surface area contributed by atoms with Gasteiger partial charge in [-0.3, -0.25) is 9.59 Å². The fourth-order valence-corrected chi connectivity index (χ4v) is 3.23. The van der Waals surface area contributed by atoms with Crippen molar-refractivity contribution < 1.29 is 9.59 Å². The minimum atomic E-state index is -0.250. The number of hydrogen-bond donors (Lipinski definition) is 1. The lowest BCUT2D eigenvalue weighted by Crippen LogP contribution is -2.41. The van der Waals surface area contributed by atoms with Gasteiger partial charge >= 0.3 is 0 Å². The molecule has 2 amide bonds. The standard InChI is InChI=1S/C20H28N2O2/c1-5-18(23)21-16-8-6-7-15(13-16)14-19(24)22(4)17-9-11-20(2,3)12-10-17/h5-8,13,17H,1,9-12,14H2,2-4H3,(H,21,23). The number of carbonyl (C=O) groups is 2. The lowest BCUT2D eigenvalue weighted by atomic mass is 9.75. The molecule has 1 aromatic rings. The van der Waals surface area contributed by atoms with Crippen molar-refractivity contribution in [1.29, 1.82) is 0 Å². The molecule has 0 saturated heterocycles. The van der Waals surface area contributed by atoms with Crippen LogP contribution in [-0.2, 0) is 16.0 Å². The van der Waals surface area contributed by atoms with Crippen LogP contribution >= 0.6 is 0 Å². The molecule has 2 rings (SSSR count). The van der Waals surface area contributed by atoms with E-state index in [1.807, 2.05) is 36.2 Å². The Labute approximate surface area is 144 Å². The van der Waals surface area contributed by atoms with Gasteiger partial charge in [0.05, 0.1) is 6.42 Å². The highest BCUT2D eigenvalue weighted by molar-refractivity contribution is 5.98. The van der Waals surface area contributed by atoms with E-state index in [9.17, 15) is 9.59 Å². The van der Waals surface area contributed by atoms with E-state index in [0.29, 0.717) is 23.6 Å². The zero-order valence-electron chi connectivity index (χ0n) is 15.0. The van der Waals surface area contributed by atoms with Crippen LogP contribution < -0.4 is 5.32 Å². The Bertz CT molecular complexity index is 612. The van der Waals surface area contributed by atoms with Crippen LogP contribution in [-0.4, -0.2) is 29.8 Å². The highest BCUT2D eigenvalue weighted by Gasteiger charge is 2.30. The normalized spacial score (nSPS) is 17.1. The van der Waals surface area contributed by atoms with E-state index in [-0.39, 0.29) is 11.8 Å². The second kappa shape index (κ2) is 7.65. The molecule has 24 heavy (non-hydrogen) atoms. The van der Waals surface area contributed by atoms with Crippen LogP contribution in [0.25, 0.3) is 0 Å². The van der Waals surface area contributed by atoms with Crippen LogP contribution in [0.4, 0.5) is 5.69 Å². The van der Waals surface area contributed by atoms with Crippen LogP contribution in [0.15, 0.2) is 36.9 Å². The van der Waals surface area contributed by atoms with Gasteiger partial charge in [-0.15, -0.1) is 0 Å². The van der Waals surface area contributed by atoms with E-state index in [1.54, 1.807) is 0 Å². The Morgan fingerprint density at radius 2 is 2.00 bits per heavy atom.